The second-order valence-corrected chi connectivity index (χ2v) is 11.2. The topological polar surface area (TPSA) is 72.8 Å². The monoisotopic (exact) mass is 564 g/mol. The van der Waals surface area contributed by atoms with Crippen LogP contribution in [0.2, 0.25) is 0 Å². The molecule has 0 heterocycles. The van der Waals surface area contributed by atoms with E-state index >= 15 is 0 Å². The van der Waals surface area contributed by atoms with Crippen LogP contribution in [-0.4, -0.2) is 36.4 Å². The zero-order chi connectivity index (χ0) is 29.4. The van der Waals surface area contributed by atoms with E-state index in [1.807, 2.05) is 0 Å². The van der Waals surface area contributed by atoms with Crippen molar-refractivity contribution < 1.29 is 24.2 Å². The summed E-state index contributed by atoms with van der Waals surface area (Å²) < 4.78 is 10.5. The van der Waals surface area contributed by atoms with Crippen LogP contribution < -0.4 is 0 Å². The van der Waals surface area contributed by atoms with Crippen molar-refractivity contribution in [2.24, 2.45) is 0 Å². The number of ether oxygens (including phenoxy) is 2. The van der Waals surface area contributed by atoms with E-state index in [0.29, 0.717) is 12.8 Å². The summed E-state index contributed by atoms with van der Waals surface area (Å²) >= 11 is 0. The number of aliphatic hydroxyl groups excluding tert-OH is 1. The predicted octanol–water partition coefficient (Wildman–Crippen LogP) is 9.95. The number of carbonyl (C=O) groups excluding carboxylic acids is 2. The van der Waals surface area contributed by atoms with Gasteiger partial charge in [-0.25, -0.2) is 0 Å². The van der Waals surface area contributed by atoms with E-state index in [1.165, 1.54) is 89.9 Å². The van der Waals surface area contributed by atoms with Crippen LogP contribution in [0.5, 0.6) is 0 Å². The molecule has 0 rings (SSSR count). The molecule has 0 amide bonds. The number of allylic oxidation sites excluding steroid dienone is 4. The van der Waals surface area contributed by atoms with Crippen molar-refractivity contribution in [1.82, 2.24) is 0 Å². The Hall–Kier alpha value is -1.62. The van der Waals surface area contributed by atoms with Gasteiger partial charge in [0.2, 0.25) is 0 Å². The Kier molecular flexibility index (Phi) is 30.6. The van der Waals surface area contributed by atoms with Gasteiger partial charge in [-0.1, -0.05) is 122 Å². The molecule has 5 nitrogen and oxygen atoms in total. The summed E-state index contributed by atoms with van der Waals surface area (Å²) in [6.45, 7) is 4.06. The molecule has 0 aromatic heterocycles. The first-order chi connectivity index (χ1) is 19.6. The number of hydrogen-bond acceptors (Lipinski definition) is 5. The fraction of sp³-hybridized carbons (Fsp3) is 0.829. The molecule has 0 saturated carbocycles. The second-order valence-electron chi connectivity index (χ2n) is 11.2. The van der Waals surface area contributed by atoms with Crippen LogP contribution >= 0.6 is 0 Å². The highest BCUT2D eigenvalue weighted by atomic mass is 16.6. The fourth-order valence-corrected chi connectivity index (χ4v) is 4.59. The minimum absolute atomic E-state index is 0.0715. The first-order valence-electron chi connectivity index (χ1n) is 16.9. The molecule has 0 radical (unpaired) electrons. The summed E-state index contributed by atoms with van der Waals surface area (Å²) in [6.07, 6.45) is 35.1. The van der Waals surface area contributed by atoms with Crippen molar-refractivity contribution in [1.29, 1.82) is 0 Å². The third-order valence-corrected chi connectivity index (χ3v) is 7.22. The molecule has 1 atom stereocenters. The lowest BCUT2D eigenvalue weighted by molar-refractivity contribution is -0.161. The molecule has 234 valence electrons. The molecule has 0 spiro atoms. The Balaban J connectivity index is 3.59. The number of hydrogen-bond donors (Lipinski definition) is 1. The van der Waals surface area contributed by atoms with E-state index in [0.717, 1.165) is 51.4 Å². The van der Waals surface area contributed by atoms with Crippen molar-refractivity contribution in [3.8, 4) is 0 Å². The minimum Gasteiger partial charge on any atom is -0.462 e. The number of esters is 2. The quantitative estimate of drug-likeness (QED) is 0.0534. The second kappa shape index (κ2) is 31.9. The third-order valence-electron chi connectivity index (χ3n) is 7.22. The van der Waals surface area contributed by atoms with Crippen LogP contribution in [0, 0.1) is 0 Å². The van der Waals surface area contributed by atoms with Crippen molar-refractivity contribution in [2.75, 3.05) is 13.2 Å². The highest BCUT2D eigenvalue weighted by Crippen LogP contribution is 2.12. The van der Waals surface area contributed by atoms with Gasteiger partial charge in [-0.15, -0.1) is 0 Å². The van der Waals surface area contributed by atoms with Gasteiger partial charge < -0.3 is 14.6 Å². The van der Waals surface area contributed by atoms with Crippen LogP contribution in [0.15, 0.2) is 24.3 Å². The van der Waals surface area contributed by atoms with Crippen LogP contribution in [0.4, 0.5) is 0 Å². The molecule has 0 aromatic rings. The lowest BCUT2D eigenvalue weighted by atomic mass is 10.1. The van der Waals surface area contributed by atoms with Crippen molar-refractivity contribution in [2.45, 2.75) is 174 Å². The first-order valence-corrected chi connectivity index (χ1v) is 16.9. The van der Waals surface area contributed by atoms with Crippen molar-refractivity contribution in [3.05, 3.63) is 24.3 Å². The molecule has 0 aromatic carbocycles. The van der Waals surface area contributed by atoms with Crippen molar-refractivity contribution >= 4 is 11.9 Å². The molecule has 0 saturated heterocycles. The van der Waals surface area contributed by atoms with Gasteiger partial charge in [0.15, 0.2) is 6.10 Å². The molecular formula is C35H64O5. The van der Waals surface area contributed by atoms with E-state index in [4.69, 9.17) is 9.47 Å². The molecule has 1 unspecified atom stereocenters. The van der Waals surface area contributed by atoms with E-state index in [2.05, 4.69) is 38.2 Å². The molecule has 0 bridgehead atoms. The van der Waals surface area contributed by atoms with E-state index < -0.39 is 6.10 Å². The van der Waals surface area contributed by atoms with Crippen LogP contribution in [0.25, 0.3) is 0 Å². The average Bonchev–Trinajstić information content (AvgIpc) is 2.96. The molecule has 0 fully saturated rings. The van der Waals surface area contributed by atoms with E-state index in [1.54, 1.807) is 0 Å². The summed E-state index contributed by atoms with van der Waals surface area (Å²) in [5, 5.41) is 9.49. The van der Waals surface area contributed by atoms with Crippen molar-refractivity contribution in [3.63, 3.8) is 0 Å². The van der Waals surface area contributed by atoms with Gasteiger partial charge >= 0.3 is 11.9 Å². The summed E-state index contributed by atoms with van der Waals surface area (Å²) in [7, 11) is 0. The van der Waals surface area contributed by atoms with Gasteiger partial charge in [0, 0.05) is 12.8 Å². The van der Waals surface area contributed by atoms with E-state index in [9.17, 15) is 14.7 Å². The lowest BCUT2D eigenvalue weighted by Gasteiger charge is -2.15. The highest BCUT2D eigenvalue weighted by Gasteiger charge is 2.16. The molecule has 0 aliphatic heterocycles. The van der Waals surface area contributed by atoms with Crippen LogP contribution in [0.1, 0.15) is 168 Å². The number of rotatable bonds is 30. The summed E-state index contributed by atoms with van der Waals surface area (Å²) in [4.78, 5) is 24.1. The van der Waals surface area contributed by atoms with Crippen LogP contribution in [-0.2, 0) is 19.1 Å². The Labute approximate surface area is 247 Å². The molecule has 0 aliphatic carbocycles. The SMILES string of the molecule is CCCC/C=C\CCCCCCCC(=O)OC(CO)COC(=O)CCCCCCC/C=C\CCCCCCCC. The largest absolute Gasteiger partial charge is 0.462 e. The minimum atomic E-state index is -0.773. The molecule has 0 aliphatic rings. The molecular weight excluding hydrogens is 500 g/mol. The number of unbranched alkanes of at least 4 members (excludes halogenated alkanes) is 18. The number of carbonyl (C=O) groups is 2. The Morgan fingerprint density at radius 3 is 1.43 bits per heavy atom. The fourth-order valence-electron chi connectivity index (χ4n) is 4.59. The smallest absolute Gasteiger partial charge is 0.306 e. The normalized spacial score (nSPS) is 12.4. The molecule has 40 heavy (non-hydrogen) atoms. The first kappa shape index (κ1) is 38.4. The summed E-state index contributed by atoms with van der Waals surface area (Å²) in [5.41, 5.74) is 0. The van der Waals surface area contributed by atoms with Gasteiger partial charge in [-0.05, 0) is 57.8 Å². The van der Waals surface area contributed by atoms with Gasteiger partial charge in [-0.3, -0.25) is 9.59 Å². The standard InChI is InChI=1S/C35H64O5/c1-3-5-7-9-11-13-15-16-17-18-20-21-23-25-27-29-34(37)39-32-33(31-36)40-35(38)30-28-26-24-22-19-14-12-10-8-6-4-2/h10,12,16-17,33,36H,3-9,11,13-15,18-32H2,1-2H3/b12-10-,17-16-. The Bertz CT molecular complexity index is 613. The van der Waals surface area contributed by atoms with Gasteiger partial charge in [0.1, 0.15) is 6.61 Å². The van der Waals surface area contributed by atoms with Gasteiger partial charge in [0.25, 0.3) is 0 Å². The van der Waals surface area contributed by atoms with Crippen LogP contribution in [0.3, 0.4) is 0 Å². The van der Waals surface area contributed by atoms with Gasteiger partial charge in [-0.2, -0.15) is 0 Å². The average molecular weight is 565 g/mol. The zero-order valence-electron chi connectivity index (χ0n) is 26.4. The maximum atomic E-state index is 12.1. The third kappa shape index (κ3) is 29.4. The predicted molar refractivity (Wildman–Crippen MR) is 168 cm³/mol. The molecule has 1 N–H and O–H groups in total. The Morgan fingerprint density at radius 1 is 0.550 bits per heavy atom. The lowest BCUT2D eigenvalue weighted by Crippen LogP contribution is -2.28. The highest BCUT2D eigenvalue weighted by molar-refractivity contribution is 5.70. The van der Waals surface area contributed by atoms with Gasteiger partial charge in [0.05, 0.1) is 6.61 Å². The summed E-state index contributed by atoms with van der Waals surface area (Å²) in [6, 6.07) is 0. The Morgan fingerprint density at radius 2 is 0.950 bits per heavy atom. The summed E-state index contributed by atoms with van der Waals surface area (Å²) in [5.74, 6) is -0.612. The molecule has 5 heteroatoms. The zero-order valence-corrected chi connectivity index (χ0v) is 26.4. The number of aliphatic hydroxyl groups is 1. The maximum Gasteiger partial charge on any atom is 0.306 e. The van der Waals surface area contributed by atoms with E-state index in [-0.39, 0.29) is 25.2 Å². The maximum absolute atomic E-state index is 12.1.